The molecule has 2 aromatic heterocycles. The van der Waals surface area contributed by atoms with E-state index in [1.54, 1.807) is 6.20 Å². The average Bonchev–Trinajstić information content (AvgIpc) is 2.73. The molecular formula is C12H16N4O. The number of aromatic nitrogens is 3. The van der Waals surface area contributed by atoms with Gasteiger partial charge in [0.2, 0.25) is 5.89 Å². The molecular weight excluding hydrogens is 216 g/mol. The second kappa shape index (κ2) is 5.54. The molecule has 90 valence electrons. The summed E-state index contributed by atoms with van der Waals surface area (Å²) >= 11 is 0. The van der Waals surface area contributed by atoms with E-state index in [2.05, 4.69) is 27.4 Å². The highest BCUT2D eigenvalue weighted by molar-refractivity contribution is 5.20. The van der Waals surface area contributed by atoms with E-state index < -0.39 is 0 Å². The molecule has 0 bridgehead atoms. The van der Waals surface area contributed by atoms with Crippen molar-refractivity contribution in [1.29, 1.82) is 0 Å². The molecule has 0 spiro atoms. The van der Waals surface area contributed by atoms with Crippen LogP contribution in [-0.4, -0.2) is 21.7 Å². The van der Waals surface area contributed by atoms with Crippen LogP contribution in [0.25, 0.3) is 0 Å². The molecule has 0 atom stereocenters. The van der Waals surface area contributed by atoms with Gasteiger partial charge in [0.15, 0.2) is 5.82 Å². The van der Waals surface area contributed by atoms with Crippen LogP contribution in [-0.2, 0) is 13.0 Å². The minimum atomic E-state index is 0.679. The first-order chi connectivity index (χ1) is 8.25. The molecule has 0 radical (unpaired) electrons. The highest BCUT2D eigenvalue weighted by atomic mass is 16.5. The maximum Gasteiger partial charge on any atom is 0.227 e. The molecule has 5 heteroatoms. The van der Waals surface area contributed by atoms with Crippen LogP contribution in [0.3, 0.4) is 0 Å². The maximum absolute atomic E-state index is 5.03. The quantitative estimate of drug-likeness (QED) is 0.790. The van der Waals surface area contributed by atoms with Crippen LogP contribution in [0.4, 0.5) is 0 Å². The van der Waals surface area contributed by atoms with Gasteiger partial charge >= 0.3 is 0 Å². The molecule has 0 aliphatic rings. The second-order valence-corrected chi connectivity index (χ2v) is 3.96. The van der Waals surface area contributed by atoms with Gasteiger partial charge in [-0.15, -0.1) is 0 Å². The zero-order valence-corrected chi connectivity index (χ0v) is 10.1. The molecule has 0 amide bonds. The van der Waals surface area contributed by atoms with Gasteiger partial charge in [0.25, 0.3) is 0 Å². The van der Waals surface area contributed by atoms with Gasteiger partial charge in [-0.1, -0.05) is 5.16 Å². The molecule has 0 saturated heterocycles. The topological polar surface area (TPSA) is 63.8 Å². The summed E-state index contributed by atoms with van der Waals surface area (Å²) in [5.74, 6) is 1.36. The molecule has 0 aliphatic carbocycles. The lowest BCUT2D eigenvalue weighted by molar-refractivity contribution is 0.372. The fourth-order valence-electron chi connectivity index (χ4n) is 1.54. The third-order valence-corrected chi connectivity index (χ3v) is 2.55. The van der Waals surface area contributed by atoms with E-state index in [-0.39, 0.29) is 0 Å². The van der Waals surface area contributed by atoms with Crippen molar-refractivity contribution < 1.29 is 4.52 Å². The van der Waals surface area contributed by atoms with Crippen molar-refractivity contribution in [3.8, 4) is 0 Å². The first kappa shape index (κ1) is 11.7. The van der Waals surface area contributed by atoms with Crippen molar-refractivity contribution >= 4 is 0 Å². The number of hydrogen-bond donors (Lipinski definition) is 1. The number of pyridine rings is 1. The van der Waals surface area contributed by atoms with Gasteiger partial charge in [-0.3, -0.25) is 4.98 Å². The van der Waals surface area contributed by atoms with Crippen LogP contribution in [0.15, 0.2) is 23.0 Å². The SMILES string of the molecule is Cc1noc(CCNCc2cnccc2C)n1. The van der Waals surface area contributed by atoms with E-state index in [0.29, 0.717) is 11.7 Å². The van der Waals surface area contributed by atoms with E-state index in [4.69, 9.17) is 4.52 Å². The smallest absolute Gasteiger partial charge is 0.227 e. The zero-order chi connectivity index (χ0) is 12.1. The minimum absolute atomic E-state index is 0.679. The molecule has 17 heavy (non-hydrogen) atoms. The first-order valence-electron chi connectivity index (χ1n) is 5.65. The Morgan fingerprint density at radius 3 is 2.94 bits per heavy atom. The van der Waals surface area contributed by atoms with E-state index in [1.807, 2.05) is 19.2 Å². The van der Waals surface area contributed by atoms with Gasteiger partial charge < -0.3 is 9.84 Å². The highest BCUT2D eigenvalue weighted by Gasteiger charge is 2.02. The standard InChI is InChI=1S/C12H16N4O/c1-9-3-5-13-7-11(9)8-14-6-4-12-15-10(2)16-17-12/h3,5,7,14H,4,6,8H2,1-2H3. The summed E-state index contributed by atoms with van der Waals surface area (Å²) in [4.78, 5) is 8.25. The van der Waals surface area contributed by atoms with E-state index >= 15 is 0 Å². The van der Waals surface area contributed by atoms with Crippen LogP contribution in [0.2, 0.25) is 0 Å². The monoisotopic (exact) mass is 232 g/mol. The van der Waals surface area contributed by atoms with Gasteiger partial charge in [0, 0.05) is 31.9 Å². The maximum atomic E-state index is 5.03. The lowest BCUT2D eigenvalue weighted by Gasteiger charge is -2.05. The van der Waals surface area contributed by atoms with Crippen LogP contribution in [0.1, 0.15) is 22.8 Å². The molecule has 0 unspecified atom stereocenters. The van der Waals surface area contributed by atoms with Gasteiger partial charge in [0.05, 0.1) is 0 Å². The summed E-state index contributed by atoms with van der Waals surface area (Å²) in [5, 5.41) is 7.08. The Morgan fingerprint density at radius 2 is 2.24 bits per heavy atom. The number of hydrogen-bond acceptors (Lipinski definition) is 5. The summed E-state index contributed by atoms with van der Waals surface area (Å²) < 4.78 is 5.03. The minimum Gasteiger partial charge on any atom is -0.339 e. The lowest BCUT2D eigenvalue weighted by atomic mass is 10.1. The molecule has 0 aromatic carbocycles. The van der Waals surface area contributed by atoms with Crippen LogP contribution >= 0.6 is 0 Å². The largest absolute Gasteiger partial charge is 0.339 e. The lowest BCUT2D eigenvalue weighted by Crippen LogP contribution is -2.17. The van der Waals surface area contributed by atoms with Crippen LogP contribution in [0.5, 0.6) is 0 Å². The Bertz CT molecular complexity index is 481. The summed E-state index contributed by atoms with van der Waals surface area (Å²) in [5.41, 5.74) is 2.47. The number of nitrogens with one attached hydrogen (secondary N) is 1. The van der Waals surface area contributed by atoms with Gasteiger partial charge in [-0.25, -0.2) is 0 Å². The predicted octanol–water partition coefficient (Wildman–Crippen LogP) is 1.41. The summed E-state index contributed by atoms with van der Waals surface area (Å²) in [7, 11) is 0. The number of nitrogens with zero attached hydrogens (tertiary/aromatic N) is 3. The van der Waals surface area contributed by atoms with Crippen molar-refractivity contribution in [3.63, 3.8) is 0 Å². The van der Waals surface area contributed by atoms with E-state index in [0.717, 1.165) is 19.5 Å². The second-order valence-electron chi connectivity index (χ2n) is 3.96. The Balaban J connectivity index is 1.75. The first-order valence-corrected chi connectivity index (χ1v) is 5.65. The van der Waals surface area contributed by atoms with Gasteiger partial charge in [0.1, 0.15) is 0 Å². The van der Waals surface area contributed by atoms with Crippen molar-refractivity contribution in [2.75, 3.05) is 6.54 Å². The molecule has 5 nitrogen and oxygen atoms in total. The molecule has 2 rings (SSSR count). The average molecular weight is 232 g/mol. The van der Waals surface area contributed by atoms with Crippen molar-refractivity contribution in [2.24, 2.45) is 0 Å². The third-order valence-electron chi connectivity index (χ3n) is 2.55. The Labute approximate surface area is 100 Å². The molecule has 0 fully saturated rings. The van der Waals surface area contributed by atoms with Gasteiger partial charge in [-0.2, -0.15) is 4.98 Å². The summed E-state index contributed by atoms with van der Waals surface area (Å²) in [6, 6.07) is 2.01. The van der Waals surface area contributed by atoms with Crippen molar-refractivity contribution in [1.82, 2.24) is 20.4 Å². The van der Waals surface area contributed by atoms with Crippen molar-refractivity contribution in [3.05, 3.63) is 41.3 Å². The molecule has 2 heterocycles. The fraction of sp³-hybridized carbons (Fsp3) is 0.417. The molecule has 2 aromatic rings. The molecule has 0 aliphatic heterocycles. The van der Waals surface area contributed by atoms with Gasteiger partial charge in [-0.05, 0) is 31.0 Å². The Morgan fingerprint density at radius 1 is 1.35 bits per heavy atom. The third kappa shape index (κ3) is 3.35. The van der Waals surface area contributed by atoms with Crippen LogP contribution < -0.4 is 5.32 Å². The van der Waals surface area contributed by atoms with E-state index in [1.165, 1.54) is 11.1 Å². The molecule has 1 N–H and O–H groups in total. The summed E-state index contributed by atoms with van der Waals surface area (Å²) in [6.07, 6.45) is 4.44. The Kier molecular flexibility index (Phi) is 3.82. The predicted molar refractivity (Wildman–Crippen MR) is 63.4 cm³/mol. The normalized spacial score (nSPS) is 10.7. The molecule has 0 saturated carbocycles. The summed E-state index contributed by atoms with van der Waals surface area (Å²) in [6.45, 7) is 5.53. The highest BCUT2D eigenvalue weighted by Crippen LogP contribution is 2.04. The van der Waals surface area contributed by atoms with Crippen LogP contribution in [0, 0.1) is 13.8 Å². The van der Waals surface area contributed by atoms with E-state index in [9.17, 15) is 0 Å². The zero-order valence-electron chi connectivity index (χ0n) is 10.1. The number of rotatable bonds is 5. The Hall–Kier alpha value is -1.75. The fourth-order valence-corrected chi connectivity index (χ4v) is 1.54. The number of aryl methyl sites for hydroxylation is 2. The van der Waals surface area contributed by atoms with Crippen molar-refractivity contribution in [2.45, 2.75) is 26.8 Å².